The predicted octanol–water partition coefficient (Wildman–Crippen LogP) is 4.51. The van der Waals surface area contributed by atoms with Gasteiger partial charge in [0.25, 0.3) is 0 Å². The highest BCUT2D eigenvalue weighted by Gasteiger charge is 2.32. The first kappa shape index (κ1) is 27.4. The summed E-state index contributed by atoms with van der Waals surface area (Å²) in [6, 6.07) is 2.50. The Balaban J connectivity index is 1.31. The summed E-state index contributed by atoms with van der Waals surface area (Å²) in [5, 5.41) is 0. The van der Waals surface area contributed by atoms with Crippen molar-refractivity contribution >= 4 is 10.0 Å². The van der Waals surface area contributed by atoms with Crippen molar-refractivity contribution in [3.8, 4) is 0 Å². The summed E-state index contributed by atoms with van der Waals surface area (Å²) in [4.78, 5) is 2.35. The lowest BCUT2D eigenvalue weighted by atomic mass is 9.94. The molecule has 0 radical (unpaired) electrons. The molecule has 1 aliphatic heterocycles. The first-order valence-electron chi connectivity index (χ1n) is 12.3. The second-order valence-electron chi connectivity index (χ2n) is 9.31. The first-order chi connectivity index (χ1) is 16.1. The van der Waals surface area contributed by atoms with Gasteiger partial charge in [0.2, 0.25) is 10.0 Å². The molecule has 0 bridgehead atoms. The molecule has 0 spiro atoms. The van der Waals surface area contributed by atoms with E-state index in [0.717, 1.165) is 83.3 Å². The smallest absolute Gasteiger partial charge is 0.379 e. The zero-order valence-corrected chi connectivity index (χ0v) is 20.7. The van der Waals surface area contributed by atoms with Crippen LogP contribution in [-0.2, 0) is 25.7 Å². The summed E-state index contributed by atoms with van der Waals surface area (Å²) >= 11 is 0. The van der Waals surface area contributed by atoms with E-state index < -0.39 is 21.8 Å². The molecule has 1 saturated carbocycles. The summed E-state index contributed by atoms with van der Waals surface area (Å²) in [6.45, 7) is 6.99. The number of nitrogens with one attached hydrogen (secondary N) is 1. The lowest BCUT2D eigenvalue weighted by molar-refractivity contribution is -0.137. The monoisotopic (exact) mass is 506 g/mol. The summed E-state index contributed by atoms with van der Waals surface area (Å²) in [6.07, 6.45) is 3.07. The first-order valence-corrected chi connectivity index (χ1v) is 13.8. The molecule has 194 valence electrons. The molecule has 1 aromatic rings. The van der Waals surface area contributed by atoms with Gasteiger partial charge in [-0.25, -0.2) is 13.1 Å². The molecule has 2 fully saturated rings. The standard InChI is InChI=1S/C24H37F3N2O4S/c1-19-18-20(24(25,26)27)6-11-23(19)34(30,31)28-21-7-9-22(10-8-21)33-15-5-3-2-4-12-29-13-16-32-17-14-29/h6,11,18,21-22,28H,2-5,7-10,12-17H2,1H3. The van der Waals surface area contributed by atoms with E-state index in [0.29, 0.717) is 12.8 Å². The van der Waals surface area contributed by atoms with Crippen LogP contribution in [0.2, 0.25) is 0 Å². The Bertz CT molecular complexity index is 865. The van der Waals surface area contributed by atoms with Gasteiger partial charge < -0.3 is 9.47 Å². The van der Waals surface area contributed by atoms with E-state index in [-0.39, 0.29) is 22.6 Å². The zero-order chi connectivity index (χ0) is 24.6. The molecule has 3 rings (SSSR count). The van der Waals surface area contributed by atoms with Crippen LogP contribution in [0.1, 0.15) is 62.5 Å². The van der Waals surface area contributed by atoms with Gasteiger partial charge in [0.15, 0.2) is 0 Å². The van der Waals surface area contributed by atoms with E-state index in [1.54, 1.807) is 0 Å². The van der Waals surface area contributed by atoms with E-state index in [2.05, 4.69) is 9.62 Å². The third kappa shape index (κ3) is 8.48. The van der Waals surface area contributed by atoms with Crippen LogP contribution in [0.5, 0.6) is 0 Å². The van der Waals surface area contributed by atoms with Gasteiger partial charge in [-0.2, -0.15) is 13.2 Å². The molecule has 2 aliphatic rings. The molecule has 0 aromatic heterocycles. The molecule has 0 atom stereocenters. The normalized spacial score (nSPS) is 22.7. The molecule has 1 aromatic carbocycles. The van der Waals surface area contributed by atoms with Crippen LogP contribution in [0.15, 0.2) is 23.1 Å². The molecule has 34 heavy (non-hydrogen) atoms. The number of morpholine rings is 1. The Hall–Kier alpha value is -1.20. The van der Waals surface area contributed by atoms with Crippen LogP contribution in [-0.4, -0.2) is 64.9 Å². The number of benzene rings is 1. The Morgan fingerprint density at radius 2 is 1.74 bits per heavy atom. The average Bonchev–Trinajstić information content (AvgIpc) is 2.79. The maximum Gasteiger partial charge on any atom is 0.416 e. The largest absolute Gasteiger partial charge is 0.416 e. The van der Waals surface area contributed by atoms with Crippen molar-refractivity contribution in [3.05, 3.63) is 29.3 Å². The maximum absolute atomic E-state index is 12.9. The molecule has 10 heteroatoms. The second kappa shape index (κ2) is 12.7. The van der Waals surface area contributed by atoms with Crippen LogP contribution in [0.3, 0.4) is 0 Å². The van der Waals surface area contributed by atoms with Gasteiger partial charge in [0.05, 0.1) is 29.8 Å². The minimum absolute atomic E-state index is 0.0873. The van der Waals surface area contributed by atoms with Crippen LogP contribution in [0.25, 0.3) is 0 Å². The van der Waals surface area contributed by atoms with Crippen LogP contribution in [0.4, 0.5) is 13.2 Å². The highest BCUT2D eigenvalue weighted by molar-refractivity contribution is 7.89. The van der Waals surface area contributed by atoms with Crippen molar-refractivity contribution in [2.75, 3.05) is 39.5 Å². The molecule has 1 N–H and O–H groups in total. The van der Waals surface area contributed by atoms with Crippen molar-refractivity contribution in [3.63, 3.8) is 0 Å². The number of unbranched alkanes of at least 4 members (excludes halogenated alkanes) is 3. The fraction of sp³-hybridized carbons (Fsp3) is 0.750. The lowest BCUT2D eigenvalue weighted by Crippen LogP contribution is -2.39. The molecule has 0 unspecified atom stereocenters. The number of hydrogen-bond acceptors (Lipinski definition) is 5. The second-order valence-corrected chi connectivity index (χ2v) is 11.0. The van der Waals surface area contributed by atoms with E-state index in [1.807, 2.05) is 0 Å². The van der Waals surface area contributed by atoms with Crippen LogP contribution in [0, 0.1) is 6.92 Å². The number of ether oxygens (including phenoxy) is 2. The van der Waals surface area contributed by atoms with Crippen LogP contribution >= 0.6 is 0 Å². The number of alkyl halides is 3. The van der Waals surface area contributed by atoms with Gasteiger partial charge in [0.1, 0.15) is 0 Å². The van der Waals surface area contributed by atoms with Gasteiger partial charge >= 0.3 is 6.18 Å². The Morgan fingerprint density at radius 3 is 2.38 bits per heavy atom. The van der Waals surface area contributed by atoms with Crippen molar-refractivity contribution in [2.24, 2.45) is 0 Å². The van der Waals surface area contributed by atoms with Crippen molar-refractivity contribution < 1.29 is 31.1 Å². The molecule has 0 amide bonds. The van der Waals surface area contributed by atoms with Gasteiger partial charge in [0, 0.05) is 25.7 Å². The SMILES string of the molecule is Cc1cc(C(F)(F)F)ccc1S(=O)(=O)NC1CCC(OCCCCCCN2CCOCC2)CC1. The van der Waals surface area contributed by atoms with Gasteiger partial charge in [-0.15, -0.1) is 0 Å². The highest BCUT2D eigenvalue weighted by atomic mass is 32.2. The van der Waals surface area contributed by atoms with Crippen molar-refractivity contribution in [1.82, 2.24) is 9.62 Å². The third-order valence-corrected chi connectivity index (χ3v) is 8.29. The predicted molar refractivity (Wildman–Crippen MR) is 124 cm³/mol. The van der Waals surface area contributed by atoms with Crippen molar-refractivity contribution in [2.45, 2.75) is 81.5 Å². The summed E-state index contributed by atoms with van der Waals surface area (Å²) in [5.41, 5.74) is -0.761. The summed E-state index contributed by atoms with van der Waals surface area (Å²) in [5.74, 6) is 0. The number of nitrogens with zero attached hydrogens (tertiary/aromatic N) is 1. The quantitative estimate of drug-likeness (QED) is 0.447. The maximum atomic E-state index is 12.9. The molecule has 1 heterocycles. The average molecular weight is 507 g/mol. The molecular weight excluding hydrogens is 469 g/mol. The van der Waals surface area contributed by atoms with Crippen LogP contribution < -0.4 is 4.72 Å². The molecule has 1 saturated heterocycles. The fourth-order valence-corrected chi connectivity index (χ4v) is 6.15. The Labute approximate surface area is 201 Å². The van der Waals surface area contributed by atoms with Gasteiger partial charge in [-0.1, -0.05) is 12.8 Å². The number of hydrogen-bond donors (Lipinski definition) is 1. The third-order valence-electron chi connectivity index (χ3n) is 6.61. The number of aryl methyl sites for hydroxylation is 1. The molecule has 6 nitrogen and oxygen atoms in total. The minimum Gasteiger partial charge on any atom is -0.379 e. The minimum atomic E-state index is -4.50. The van der Waals surface area contributed by atoms with E-state index in [9.17, 15) is 21.6 Å². The fourth-order valence-electron chi connectivity index (χ4n) is 4.62. The lowest BCUT2D eigenvalue weighted by Gasteiger charge is -2.29. The van der Waals surface area contributed by atoms with Gasteiger partial charge in [-0.3, -0.25) is 4.90 Å². The Morgan fingerprint density at radius 1 is 1.06 bits per heavy atom. The van der Waals surface area contributed by atoms with Crippen molar-refractivity contribution in [1.29, 1.82) is 0 Å². The summed E-state index contributed by atoms with van der Waals surface area (Å²) < 4.78 is 78.1. The summed E-state index contributed by atoms with van der Waals surface area (Å²) in [7, 11) is -3.88. The zero-order valence-electron chi connectivity index (χ0n) is 19.9. The number of rotatable bonds is 11. The molecular formula is C24H37F3N2O4S. The van der Waals surface area contributed by atoms with Gasteiger partial charge in [-0.05, 0) is 75.8 Å². The topological polar surface area (TPSA) is 67.9 Å². The number of sulfonamides is 1. The highest BCUT2D eigenvalue weighted by Crippen LogP contribution is 2.32. The molecule has 1 aliphatic carbocycles. The Kier molecular flexibility index (Phi) is 10.2. The number of halogens is 3. The van der Waals surface area contributed by atoms with E-state index in [1.165, 1.54) is 19.8 Å². The van der Waals surface area contributed by atoms with E-state index >= 15 is 0 Å². The van der Waals surface area contributed by atoms with E-state index in [4.69, 9.17) is 9.47 Å².